The number of carbonyl (C=O) groups is 2. The van der Waals surface area contributed by atoms with Crippen LogP contribution in [0.25, 0.3) is 0 Å². The van der Waals surface area contributed by atoms with E-state index in [1.54, 1.807) is 43.2 Å². The summed E-state index contributed by atoms with van der Waals surface area (Å²) in [6.45, 7) is 2.25. The Hall–Kier alpha value is -3.13. The molecule has 0 saturated heterocycles. The molecule has 3 rings (SSSR count). The van der Waals surface area contributed by atoms with E-state index in [2.05, 4.69) is 15.5 Å². The highest BCUT2D eigenvalue weighted by molar-refractivity contribution is 6.30. The molecule has 1 N–H and O–H groups in total. The van der Waals surface area contributed by atoms with E-state index in [0.717, 1.165) is 5.56 Å². The fourth-order valence-electron chi connectivity index (χ4n) is 2.70. The summed E-state index contributed by atoms with van der Waals surface area (Å²) < 4.78 is 7.86. The third-order valence-corrected chi connectivity index (χ3v) is 4.20. The van der Waals surface area contributed by atoms with Gasteiger partial charge in [0.25, 0.3) is 5.91 Å². The topological polar surface area (TPSA) is 91.0 Å². The van der Waals surface area contributed by atoms with Crippen molar-refractivity contribution in [2.24, 2.45) is 7.05 Å². The lowest BCUT2D eigenvalue weighted by Gasteiger charge is -2.08. The Kier molecular flexibility index (Phi) is 5.27. The van der Waals surface area contributed by atoms with Gasteiger partial charge in [0, 0.05) is 18.8 Å². The van der Waals surface area contributed by atoms with Gasteiger partial charge < -0.3 is 10.1 Å². The SMILES string of the molecule is COC(=O)c1c(NC(=O)c2ccc(Cn3cc(Cl)cn3)cc2)c(C)nn1C. The zero-order valence-electron chi connectivity index (χ0n) is 15.1. The number of hydrogen-bond donors (Lipinski definition) is 1. The highest BCUT2D eigenvalue weighted by atomic mass is 35.5. The third-order valence-electron chi connectivity index (χ3n) is 4.00. The Bertz CT molecular complexity index is 991. The van der Waals surface area contributed by atoms with Gasteiger partial charge in [-0.1, -0.05) is 23.7 Å². The van der Waals surface area contributed by atoms with Crippen molar-refractivity contribution in [2.45, 2.75) is 13.5 Å². The van der Waals surface area contributed by atoms with E-state index in [0.29, 0.717) is 28.5 Å². The minimum absolute atomic E-state index is 0.190. The maximum atomic E-state index is 12.6. The molecule has 140 valence electrons. The number of halogens is 1. The summed E-state index contributed by atoms with van der Waals surface area (Å²) in [5.74, 6) is -0.911. The van der Waals surface area contributed by atoms with Crippen molar-refractivity contribution < 1.29 is 14.3 Å². The molecule has 0 aliphatic carbocycles. The Morgan fingerprint density at radius 3 is 2.56 bits per heavy atom. The van der Waals surface area contributed by atoms with Gasteiger partial charge in [0.1, 0.15) is 0 Å². The Balaban J connectivity index is 1.76. The predicted molar refractivity (Wildman–Crippen MR) is 100 cm³/mol. The number of methoxy groups -OCH3 is 1. The molecule has 0 spiro atoms. The number of aromatic nitrogens is 4. The molecule has 0 saturated carbocycles. The molecule has 0 aliphatic heterocycles. The monoisotopic (exact) mass is 387 g/mol. The first-order valence-corrected chi connectivity index (χ1v) is 8.47. The zero-order valence-corrected chi connectivity index (χ0v) is 15.8. The lowest BCUT2D eigenvalue weighted by molar-refractivity contribution is 0.0589. The first-order valence-electron chi connectivity index (χ1n) is 8.09. The lowest BCUT2D eigenvalue weighted by atomic mass is 10.1. The van der Waals surface area contributed by atoms with Crippen molar-refractivity contribution in [3.8, 4) is 0 Å². The second kappa shape index (κ2) is 7.63. The number of amides is 1. The number of ether oxygens (including phenoxy) is 1. The van der Waals surface area contributed by atoms with Crippen molar-refractivity contribution in [3.63, 3.8) is 0 Å². The number of rotatable bonds is 5. The zero-order chi connectivity index (χ0) is 19.6. The maximum Gasteiger partial charge on any atom is 0.358 e. The van der Waals surface area contributed by atoms with Crippen molar-refractivity contribution in [1.29, 1.82) is 0 Å². The molecule has 0 fully saturated rings. The third kappa shape index (κ3) is 4.01. The fraction of sp³-hybridized carbons (Fsp3) is 0.222. The normalized spacial score (nSPS) is 10.7. The molecule has 1 aromatic carbocycles. The van der Waals surface area contributed by atoms with Gasteiger partial charge in [-0.3, -0.25) is 14.2 Å². The van der Waals surface area contributed by atoms with E-state index in [9.17, 15) is 9.59 Å². The van der Waals surface area contributed by atoms with Crippen molar-refractivity contribution in [1.82, 2.24) is 19.6 Å². The Morgan fingerprint density at radius 1 is 1.26 bits per heavy atom. The second-order valence-corrected chi connectivity index (χ2v) is 6.37. The molecular formula is C18H18ClN5O3. The van der Waals surface area contributed by atoms with Gasteiger partial charge in [-0.25, -0.2) is 4.79 Å². The van der Waals surface area contributed by atoms with Crippen LogP contribution in [0.2, 0.25) is 5.02 Å². The van der Waals surface area contributed by atoms with Gasteiger partial charge >= 0.3 is 5.97 Å². The standard InChI is InChI=1S/C18H18ClN5O3/c1-11-15(16(18(26)27-3)23(2)22-11)21-17(25)13-6-4-12(5-7-13)9-24-10-14(19)8-20-24/h4-8,10H,9H2,1-3H3,(H,21,25). The fourth-order valence-corrected chi connectivity index (χ4v) is 2.85. The van der Waals surface area contributed by atoms with E-state index in [-0.39, 0.29) is 11.6 Å². The summed E-state index contributed by atoms with van der Waals surface area (Å²) >= 11 is 5.85. The summed E-state index contributed by atoms with van der Waals surface area (Å²) in [5, 5.41) is 11.6. The minimum atomic E-state index is -0.568. The molecule has 0 atom stereocenters. The quantitative estimate of drug-likeness (QED) is 0.679. The summed E-state index contributed by atoms with van der Waals surface area (Å²) in [7, 11) is 2.90. The molecule has 0 aliphatic rings. The van der Waals surface area contributed by atoms with E-state index >= 15 is 0 Å². The number of hydrogen-bond acceptors (Lipinski definition) is 5. The molecular weight excluding hydrogens is 370 g/mol. The maximum absolute atomic E-state index is 12.6. The molecule has 1 amide bonds. The predicted octanol–water partition coefficient (Wildman–Crippen LogP) is 2.67. The van der Waals surface area contributed by atoms with Crippen LogP contribution in [0.1, 0.15) is 32.1 Å². The number of nitrogens with one attached hydrogen (secondary N) is 1. The van der Waals surface area contributed by atoms with Gasteiger partial charge in [-0.15, -0.1) is 0 Å². The average Bonchev–Trinajstić information content (AvgIpc) is 3.17. The number of esters is 1. The number of nitrogens with zero attached hydrogens (tertiary/aromatic N) is 4. The molecule has 3 aromatic rings. The molecule has 0 radical (unpaired) electrons. The van der Waals surface area contributed by atoms with Gasteiger partial charge in [-0.2, -0.15) is 10.2 Å². The summed E-state index contributed by atoms with van der Waals surface area (Å²) in [6, 6.07) is 7.09. The smallest absolute Gasteiger partial charge is 0.358 e. The molecule has 27 heavy (non-hydrogen) atoms. The first-order chi connectivity index (χ1) is 12.9. The van der Waals surface area contributed by atoms with E-state index in [1.165, 1.54) is 11.8 Å². The highest BCUT2D eigenvalue weighted by Crippen LogP contribution is 2.21. The van der Waals surface area contributed by atoms with Crippen LogP contribution in [-0.4, -0.2) is 38.5 Å². The summed E-state index contributed by atoms with van der Waals surface area (Å²) in [5.41, 5.74) is 2.48. The summed E-state index contributed by atoms with van der Waals surface area (Å²) in [4.78, 5) is 24.5. The molecule has 9 heteroatoms. The number of anilines is 1. The van der Waals surface area contributed by atoms with Crippen LogP contribution in [0, 0.1) is 6.92 Å². The van der Waals surface area contributed by atoms with Crippen molar-refractivity contribution in [3.05, 3.63) is 64.2 Å². The van der Waals surface area contributed by atoms with E-state index in [1.807, 2.05) is 12.1 Å². The Labute approximate surface area is 160 Å². The molecule has 0 unspecified atom stereocenters. The van der Waals surface area contributed by atoms with Crippen LogP contribution < -0.4 is 5.32 Å². The van der Waals surface area contributed by atoms with Crippen LogP contribution in [0.5, 0.6) is 0 Å². The van der Waals surface area contributed by atoms with Crippen LogP contribution in [0.4, 0.5) is 5.69 Å². The van der Waals surface area contributed by atoms with Gasteiger partial charge in [0.05, 0.1) is 36.3 Å². The van der Waals surface area contributed by atoms with Crippen LogP contribution >= 0.6 is 11.6 Å². The summed E-state index contributed by atoms with van der Waals surface area (Å²) in [6.07, 6.45) is 3.29. The lowest BCUT2D eigenvalue weighted by Crippen LogP contribution is -2.17. The average molecular weight is 388 g/mol. The van der Waals surface area contributed by atoms with Gasteiger partial charge in [0.15, 0.2) is 5.69 Å². The molecule has 0 bridgehead atoms. The van der Waals surface area contributed by atoms with Crippen LogP contribution in [0.15, 0.2) is 36.7 Å². The minimum Gasteiger partial charge on any atom is -0.464 e. The van der Waals surface area contributed by atoms with Gasteiger partial charge in [-0.05, 0) is 24.6 Å². The first kappa shape index (κ1) is 18.7. The number of aryl methyl sites for hydroxylation is 2. The molecule has 8 nitrogen and oxygen atoms in total. The Morgan fingerprint density at radius 2 is 1.96 bits per heavy atom. The second-order valence-electron chi connectivity index (χ2n) is 5.93. The van der Waals surface area contributed by atoms with Crippen LogP contribution in [0.3, 0.4) is 0 Å². The van der Waals surface area contributed by atoms with Gasteiger partial charge in [0.2, 0.25) is 0 Å². The van der Waals surface area contributed by atoms with Crippen molar-refractivity contribution >= 4 is 29.2 Å². The van der Waals surface area contributed by atoms with E-state index < -0.39 is 5.97 Å². The number of carbonyl (C=O) groups excluding carboxylic acids is 2. The largest absolute Gasteiger partial charge is 0.464 e. The number of benzene rings is 1. The van der Waals surface area contributed by atoms with E-state index in [4.69, 9.17) is 16.3 Å². The molecule has 2 aromatic heterocycles. The van der Waals surface area contributed by atoms with Crippen molar-refractivity contribution in [2.75, 3.05) is 12.4 Å². The van der Waals surface area contributed by atoms with Crippen LogP contribution in [-0.2, 0) is 18.3 Å². The highest BCUT2D eigenvalue weighted by Gasteiger charge is 2.22. The molecule has 2 heterocycles.